The predicted octanol–water partition coefficient (Wildman–Crippen LogP) is 3.67. The highest BCUT2D eigenvalue weighted by atomic mass is 32.1. The van der Waals surface area contributed by atoms with E-state index < -0.39 is 5.91 Å². The Bertz CT molecular complexity index is 1120. The Morgan fingerprint density at radius 3 is 2.72 bits per heavy atom. The van der Waals surface area contributed by atoms with Gasteiger partial charge in [-0.1, -0.05) is 12.8 Å². The second-order valence-electron chi connectivity index (χ2n) is 7.59. The number of hydrazine groups is 1. The van der Waals surface area contributed by atoms with Gasteiger partial charge in [-0.15, -0.1) is 11.3 Å². The number of amides is 3. The van der Waals surface area contributed by atoms with Gasteiger partial charge in [-0.25, -0.2) is 20.6 Å². The number of anilines is 1. The predicted molar refractivity (Wildman–Crippen MR) is 124 cm³/mol. The standard InChI is InChI=1S/C22H25N7O2S/c1-2-25-22(31)28-19-8-16(21-27-18(12-32-21)13-5-3-4-6-13)17(11-26-19)14-7-15(10-24-9-14)20(30)29-23/h7-13H,2-6,23H2,1H3,(H,29,30)(H2,25,26,28,31). The number of nitrogens with one attached hydrogen (secondary N) is 3. The summed E-state index contributed by atoms with van der Waals surface area (Å²) in [5, 5.41) is 8.39. The van der Waals surface area contributed by atoms with Gasteiger partial charge in [0.2, 0.25) is 0 Å². The van der Waals surface area contributed by atoms with Gasteiger partial charge in [-0.3, -0.25) is 20.5 Å². The number of carbonyl (C=O) groups excluding carboxylic acids is 2. The zero-order valence-corrected chi connectivity index (χ0v) is 18.5. The summed E-state index contributed by atoms with van der Waals surface area (Å²) in [6.07, 6.45) is 9.57. The Kier molecular flexibility index (Phi) is 6.72. The molecule has 3 heterocycles. The minimum Gasteiger partial charge on any atom is -0.338 e. The van der Waals surface area contributed by atoms with Crippen LogP contribution < -0.4 is 21.9 Å². The number of hydrogen-bond donors (Lipinski definition) is 4. The van der Waals surface area contributed by atoms with Gasteiger partial charge < -0.3 is 5.32 Å². The topological polar surface area (TPSA) is 135 Å². The quantitative estimate of drug-likeness (QED) is 0.257. The molecule has 166 valence electrons. The molecule has 3 aromatic rings. The molecule has 0 aromatic carbocycles. The van der Waals surface area contributed by atoms with Crippen LogP contribution in [0.4, 0.5) is 10.6 Å². The van der Waals surface area contributed by atoms with Gasteiger partial charge in [0.15, 0.2) is 0 Å². The van der Waals surface area contributed by atoms with E-state index in [1.165, 1.54) is 19.0 Å². The molecule has 4 rings (SSSR count). The summed E-state index contributed by atoms with van der Waals surface area (Å²) in [6.45, 7) is 2.36. The normalized spacial score (nSPS) is 13.7. The Balaban J connectivity index is 1.76. The fourth-order valence-electron chi connectivity index (χ4n) is 3.87. The van der Waals surface area contributed by atoms with Crippen LogP contribution in [0, 0.1) is 0 Å². The molecule has 10 heteroatoms. The highest BCUT2D eigenvalue weighted by Crippen LogP contribution is 2.39. The van der Waals surface area contributed by atoms with Gasteiger partial charge in [-0.05, 0) is 31.9 Å². The average Bonchev–Trinajstić information content (AvgIpc) is 3.51. The summed E-state index contributed by atoms with van der Waals surface area (Å²) in [5.41, 5.74) is 5.85. The van der Waals surface area contributed by atoms with Crippen LogP contribution in [0.1, 0.15) is 54.6 Å². The molecule has 3 amide bonds. The minimum atomic E-state index is -0.429. The van der Waals surface area contributed by atoms with E-state index in [1.54, 1.807) is 35.9 Å². The van der Waals surface area contributed by atoms with E-state index in [-0.39, 0.29) is 6.03 Å². The van der Waals surface area contributed by atoms with Gasteiger partial charge in [0.25, 0.3) is 5.91 Å². The van der Waals surface area contributed by atoms with E-state index in [1.807, 2.05) is 6.92 Å². The lowest BCUT2D eigenvalue weighted by Gasteiger charge is -2.12. The van der Waals surface area contributed by atoms with Gasteiger partial charge in [0, 0.05) is 53.1 Å². The summed E-state index contributed by atoms with van der Waals surface area (Å²) in [6, 6.07) is 3.18. The third-order valence-electron chi connectivity index (χ3n) is 5.45. The Morgan fingerprint density at radius 2 is 1.97 bits per heavy atom. The maximum atomic E-state index is 12.0. The third-order valence-corrected chi connectivity index (χ3v) is 6.35. The number of urea groups is 1. The van der Waals surface area contributed by atoms with Crippen LogP contribution in [0.15, 0.2) is 36.1 Å². The van der Waals surface area contributed by atoms with Crippen molar-refractivity contribution in [3.63, 3.8) is 0 Å². The van der Waals surface area contributed by atoms with Crippen LogP contribution in [0.2, 0.25) is 0 Å². The van der Waals surface area contributed by atoms with E-state index in [0.717, 1.165) is 34.7 Å². The van der Waals surface area contributed by atoms with E-state index in [0.29, 0.717) is 29.4 Å². The van der Waals surface area contributed by atoms with Gasteiger partial charge in [-0.2, -0.15) is 0 Å². The number of nitrogens with zero attached hydrogens (tertiary/aromatic N) is 3. The van der Waals surface area contributed by atoms with Crippen LogP contribution in [0.5, 0.6) is 0 Å². The van der Waals surface area contributed by atoms with Crippen molar-refractivity contribution in [2.45, 2.75) is 38.5 Å². The number of hydrogen-bond acceptors (Lipinski definition) is 7. The van der Waals surface area contributed by atoms with E-state index >= 15 is 0 Å². The van der Waals surface area contributed by atoms with Crippen LogP contribution in [-0.2, 0) is 0 Å². The number of nitrogen functional groups attached to an aromatic ring is 1. The largest absolute Gasteiger partial charge is 0.338 e. The van der Waals surface area contributed by atoms with Crippen molar-refractivity contribution in [3.05, 3.63) is 47.4 Å². The molecule has 0 aliphatic heterocycles. The van der Waals surface area contributed by atoms with Crippen molar-refractivity contribution in [2.24, 2.45) is 5.84 Å². The molecule has 1 aliphatic rings. The summed E-state index contributed by atoms with van der Waals surface area (Å²) in [7, 11) is 0. The first-order valence-corrected chi connectivity index (χ1v) is 11.4. The summed E-state index contributed by atoms with van der Waals surface area (Å²) in [5.74, 6) is 5.75. The number of carbonyl (C=O) groups is 2. The molecule has 9 nitrogen and oxygen atoms in total. The Hall–Kier alpha value is -3.37. The number of pyridine rings is 2. The van der Waals surface area contributed by atoms with Crippen molar-refractivity contribution in [1.82, 2.24) is 25.7 Å². The molecule has 0 atom stereocenters. The second kappa shape index (κ2) is 9.84. The minimum absolute atomic E-state index is 0.326. The second-order valence-corrected chi connectivity index (χ2v) is 8.45. The zero-order valence-electron chi connectivity index (χ0n) is 17.7. The van der Waals surface area contributed by atoms with Crippen molar-refractivity contribution < 1.29 is 9.59 Å². The van der Waals surface area contributed by atoms with Crippen LogP contribution in [0.25, 0.3) is 21.7 Å². The fraction of sp³-hybridized carbons (Fsp3) is 0.318. The first-order chi connectivity index (χ1) is 15.6. The van der Waals surface area contributed by atoms with Crippen LogP contribution in [-0.4, -0.2) is 33.4 Å². The number of nitrogens with two attached hydrogens (primary N) is 1. The fourth-order valence-corrected chi connectivity index (χ4v) is 4.80. The lowest BCUT2D eigenvalue weighted by Crippen LogP contribution is -2.30. The first-order valence-electron chi connectivity index (χ1n) is 10.6. The molecule has 1 saturated carbocycles. The Labute approximate surface area is 189 Å². The molecule has 1 fully saturated rings. The molecule has 5 N–H and O–H groups in total. The molecule has 1 aliphatic carbocycles. The molecular weight excluding hydrogens is 426 g/mol. The lowest BCUT2D eigenvalue weighted by atomic mass is 10.0. The third kappa shape index (κ3) is 4.76. The van der Waals surface area contributed by atoms with Gasteiger partial charge >= 0.3 is 6.03 Å². The lowest BCUT2D eigenvalue weighted by molar-refractivity contribution is 0.0953. The SMILES string of the molecule is CCNC(=O)Nc1cc(-c2nc(C3CCCC3)cs2)c(-c2cncc(C(=O)NN)c2)cn1. The highest BCUT2D eigenvalue weighted by molar-refractivity contribution is 7.13. The van der Waals surface area contributed by atoms with Crippen molar-refractivity contribution in [2.75, 3.05) is 11.9 Å². The number of aromatic nitrogens is 3. The molecule has 0 unspecified atom stereocenters. The molecule has 32 heavy (non-hydrogen) atoms. The molecule has 0 spiro atoms. The molecule has 0 saturated heterocycles. The maximum absolute atomic E-state index is 12.0. The Morgan fingerprint density at radius 1 is 1.16 bits per heavy atom. The highest BCUT2D eigenvalue weighted by Gasteiger charge is 2.22. The molecular formula is C22H25N7O2S. The zero-order chi connectivity index (χ0) is 22.5. The molecule has 0 radical (unpaired) electrons. The summed E-state index contributed by atoms with van der Waals surface area (Å²) >= 11 is 1.56. The number of rotatable bonds is 6. The molecule has 3 aromatic heterocycles. The van der Waals surface area contributed by atoms with Crippen molar-refractivity contribution in [1.29, 1.82) is 0 Å². The average molecular weight is 452 g/mol. The number of thiazole rings is 1. The van der Waals surface area contributed by atoms with E-state index in [4.69, 9.17) is 10.8 Å². The van der Waals surface area contributed by atoms with Crippen LogP contribution in [0.3, 0.4) is 0 Å². The first kappa shape index (κ1) is 21.8. The van der Waals surface area contributed by atoms with Gasteiger partial charge in [0.05, 0.1) is 11.3 Å². The summed E-state index contributed by atoms with van der Waals surface area (Å²) in [4.78, 5) is 37.5. The van der Waals surface area contributed by atoms with E-state index in [9.17, 15) is 9.59 Å². The summed E-state index contributed by atoms with van der Waals surface area (Å²) < 4.78 is 0. The smallest absolute Gasteiger partial charge is 0.320 e. The van der Waals surface area contributed by atoms with Crippen LogP contribution >= 0.6 is 11.3 Å². The molecule has 0 bridgehead atoms. The van der Waals surface area contributed by atoms with Crippen molar-refractivity contribution >= 4 is 29.1 Å². The maximum Gasteiger partial charge on any atom is 0.320 e. The monoisotopic (exact) mass is 451 g/mol. The van der Waals surface area contributed by atoms with Gasteiger partial charge in [0.1, 0.15) is 10.8 Å². The van der Waals surface area contributed by atoms with Crippen molar-refractivity contribution in [3.8, 4) is 21.7 Å². The van der Waals surface area contributed by atoms with E-state index in [2.05, 4.69) is 31.4 Å².